The Morgan fingerprint density at radius 3 is 2.07 bits per heavy atom. The average Bonchev–Trinajstić information content (AvgIpc) is 2.25. The molecule has 14 heavy (non-hydrogen) atoms. The fraction of sp³-hybridized carbons (Fsp3) is 0.538. The normalized spacial score (nSPS) is 9.43. The molecular formula is C13H24O. The van der Waals surface area contributed by atoms with Gasteiger partial charge in [0.1, 0.15) is 0 Å². The van der Waals surface area contributed by atoms with Crippen LogP contribution < -0.4 is 0 Å². The van der Waals surface area contributed by atoms with Crippen LogP contribution >= 0.6 is 0 Å². The molecule has 0 aliphatic carbocycles. The molecule has 0 spiro atoms. The Balaban J connectivity index is 0. The largest absolute Gasteiger partial charge is 0.384 e. The quantitative estimate of drug-likeness (QED) is 0.580. The van der Waals surface area contributed by atoms with Crippen LogP contribution in [0.5, 0.6) is 0 Å². The fourth-order valence-corrected chi connectivity index (χ4v) is 0.670. The maximum absolute atomic E-state index is 4.93. The lowest BCUT2D eigenvalue weighted by molar-refractivity contribution is 0.203. The molecule has 0 atom stereocenters. The van der Waals surface area contributed by atoms with Crippen molar-refractivity contribution in [3.63, 3.8) is 0 Å². The molecule has 0 aromatic carbocycles. The van der Waals surface area contributed by atoms with Gasteiger partial charge in [-0.2, -0.15) is 0 Å². The monoisotopic (exact) mass is 196 g/mol. The number of hydrogen-bond donors (Lipinski definition) is 0. The first-order valence-electron chi connectivity index (χ1n) is 5.23. The molecule has 0 saturated heterocycles. The van der Waals surface area contributed by atoms with Crippen LogP contribution in [0.1, 0.15) is 33.6 Å². The molecule has 0 unspecified atom stereocenters. The van der Waals surface area contributed by atoms with Crippen LogP contribution in [-0.2, 0) is 4.74 Å². The molecular weight excluding hydrogens is 172 g/mol. The molecule has 0 radical (unpaired) electrons. The summed E-state index contributed by atoms with van der Waals surface area (Å²) < 4.78 is 4.93. The van der Waals surface area contributed by atoms with E-state index in [4.69, 9.17) is 4.74 Å². The third kappa shape index (κ3) is 11.2. The molecule has 0 N–H and O–H groups in total. The molecule has 0 aliphatic heterocycles. The summed E-state index contributed by atoms with van der Waals surface area (Å²) in [5, 5.41) is 0. The Bertz CT molecular complexity index is 178. The van der Waals surface area contributed by atoms with Crippen LogP contribution in [0.3, 0.4) is 0 Å². The van der Waals surface area contributed by atoms with Crippen molar-refractivity contribution < 1.29 is 4.74 Å². The van der Waals surface area contributed by atoms with E-state index < -0.39 is 0 Å². The molecule has 1 heteroatoms. The van der Waals surface area contributed by atoms with Crippen molar-refractivity contribution in [2.24, 2.45) is 0 Å². The third-order valence-electron chi connectivity index (χ3n) is 1.64. The van der Waals surface area contributed by atoms with E-state index >= 15 is 0 Å². The molecule has 0 heterocycles. The number of ether oxygens (including phenoxy) is 1. The summed E-state index contributed by atoms with van der Waals surface area (Å²) >= 11 is 0. The van der Waals surface area contributed by atoms with E-state index in [9.17, 15) is 0 Å². The number of rotatable bonds is 6. The SMILES string of the molecule is C=C(/C=C\C(=C)CCOC)CC.CC. The lowest BCUT2D eigenvalue weighted by Gasteiger charge is -1.98. The molecule has 1 nitrogen and oxygen atoms in total. The molecule has 0 rings (SSSR count). The maximum Gasteiger partial charge on any atom is 0.0502 e. The Hall–Kier alpha value is -0.820. The van der Waals surface area contributed by atoms with Crippen LogP contribution in [0.25, 0.3) is 0 Å². The minimum atomic E-state index is 0.738. The predicted molar refractivity (Wildman–Crippen MR) is 65.6 cm³/mol. The maximum atomic E-state index is 4.93. The molecule has 0 aromatic rings. The topological polar surface area (TPSA) is 9.23 Å². The average molecular weight is 196 g/mol. The van der Waals surface area contributed by atoms with Gasteiger partial charge in [0.15, 0.2) is 0 Å². The first-order valence-corrected chi connectivity index (χ1v) is 5.23. The highest BCUT2D eigenvalue weighted by atomic mass is 16.5. The summed E-state index contributed by atoms with van der Waals surface area (Å²) in [7, 11) is 1.70. The van der Waals surface area contributed by atoms with Crippen molar-refractivity contribution in [1.29, 1.82) is 0 Å². The van der Waals surface area contributed by atoms with Crippen LogP contribution in [0.15, 0.2) is 36.5 Å². The molecule has 0 fully saturated rings. The summed E-state index contributed by atoms with van der Waals surface area (Å²) in [6.07, 6.45) is 5.90. The standard InChI is InChI=1S/C11H18O.C2H6/c1-5-10(2)6-7-11(3)8-9-12-4;1-2/h6-7H,2-3,5,8-9H2,1,4H3;1-2H3/b7-6-;. The lowest BCUT2D eigenvalue weighted by atomic mass is 10.1. The summed E-state index contributed by atoms with van der Waals surface area (Å²) in [4.78, 5) is 0. The fourth-order valence-electron chi connectivity index (χ4n) is 0.670. The van der Waals surface area contributed by atoms with Crippen molar-refractivity contribution in [2.45, 2.75) is 33.6 Å². The zero-order chi connectivity index (χ0) is 11.4. The lowest BCUT2D eigenvalue weighted by Crippen LogP contribution is -1.88. The van der Waals surface area contributed by atoms with Gasteiger partial charge in [-0.25, -0.2) is 0 Å². The summed E-state index contributed by atoms with van der Waals surface area (Å²) in [6, 6.07) is 0. The van der Waals surface area contributed by atoms with E-state index in [-0.39, 0.29) is 0 Å². The molecule has 0 saturated carbocycles. The smallest absolute Gasteiger partial charge is 0.0502 e. The van der Waals surface area contributed by atoms with E-state index in [0.717, 1.165) is 30.6 Å². The predicted octanol–water partition coefficient (Wildman–Crippen LogP) is 4.13. The zero-order valence-electron chi connectivity index (χ0n) is 10.1. The van der Waals surface area contributed by atoms with Gasteiger partial charge in [-0.3, -0.25) is 0 Å². The van der Waals surface area contributed by atoms with Crippen molar-refractivity contribution >= 4 is 0 Å². The minimum Gasteiger partial charge on any atom is -0.384 e. The van der Waals surface area contributed by atoms with Gasteiger partial charge >= 0.3 is 0 Å². The first-order chi connectivity index (χ1) is 6.70. The van der Waals surface area contributed by atoms with Crippen molar-refractivity contribution in [3.8, 4) is 0 Å². The summed E-state index contributed by atoms with van der Waals surface area (Å²) in [5.74, 6) is 0. The molecule has 0 amide bonds. The Morgan fingerprint density at radius 1 is 1.14 bits per heavy atom. The van der Waals surface area contributed by atoms with E-state index in [0.29, 0.717) is 0 Å². The minimum absolute atomic E-state index is 0.738. The van der Waals surface area contributed by atoms with Gasteiger partial charge in [0.05, 0.1) is 6.61 Å². The summed E-state index contributed by atoms with van der Waals surface area (Å²) in [5.41, 5.74) is 2.22. The number of hydrogen-bond acceptors (Lipinski definition) is 1. The van der Waals surface area contributed by atoms with E-state index in [2.05, 4.69) is 20.1 Å². The van der Waals surface area contributed by atoms with Crippen molar-refractivity contribution in [3.05, 3.63) is 36.5 Å². The van der Waals surface area contributed by atoms with Gasteiger partial charge in [0, 0.05) is 7.11 Å². The van der Waals surface area contributed by atoms with Gasteiger partial charge in [-0.15, -0.1) is 0 Å². The highest BCUT2D eigenvalue weighted by molar-refractivity contribution is 5.23. The van der Waals surface area contributed by atoms with Gasteiger partial charge in [0.25, 0.3) is 0 Å². The summed E-state index contributed by atoms with van der Waals surface area (Å²) in [6.45, 7) is 14.6. The van der Waals surface area contributed by atoms with Crippen LogP contribution in [-0.4, -0.2) is 13.7 Å². The Morgan fingerprint density at radius 2 is 1.64 bits per heavy atom. The van der Waals surface area contributed by atoms with E-state index in [1.54, 1.807) is 7.11 Å². The third-order valence-corrected chi connectivity index (χ3v) is 1.64. The Kier molecular flexibility index (Phi) is 13.6. The second-order valence-corrected chi connectivity index (χ2v) is 2.75. The van der Waals surface area contributed by atoms with E-state index in [1.807, 2.05) is 26.0 Å². The first kappa shape index (κ1) is 15.6. The van der Waals surface area contributed by atoms with Crippen LogP contribution in [0.2, 0.25) is 0 Å². The van der Waals surface area contributed by atoms with Crippen LogP contribution in [0, 0.1) is 0 Å². The molecule has 0 aliphatic rings. The highest BCUT2D eigenvalue weighted by Gasteiger charge is 1.88. The Labute approximate surface area is 89.2 Å². The number of allylic oxidation sites excluding steroid dienone is 3. The van der Waals surface area contributed by atoms with Gasteiger partial charge < -0.3 is 4.74 Å². The molecule has 0 aromatic heterocycles. The molecule has 82 valence electrons. The van der Waals surface area contributed by atoms with Gasteiger partial charge in [0.2, 0.25) is 0 Å². The zero-order valence-corrected chi connectivity index (χ0v) is 10.1. The van der Waals surface area contributed by atoms with Gasteiger partial charge in [-0.05, 0) is 12.8 Å². The van der Waals surface area contributed by atoms with E-state index in [1.165, 1.54) is 0 Å². The second-order valence-electron chi connectivity index (χ2n) is 2.75. The van der Waals surface area contributed by atoms with Crippen LogP contribution in [0.4, 0.5) is 0 Å². The molecule has 0 bridgehead atoms. The van der Waals surface area contributed by atoms with Gasteiger partial charge in [-0.1, -0.05) is 57.2 Å². The van der Waals surface area contributed by atoms with Crippen molar-refractivity contribution in [1.82, 2.24) is 0 Å². The van der Waals surface area contributed by atoms with Crippen molar-refractivity contribution in [2.75, 3.05) is 13.7 Å². The highest BCUT2D eigenvalue weighted by Crippen LogP contribution is 2.04. The second kappa shape index (κ2) is 12.2. The number of methoxy groups -OCH3 is 1.